The molecule has 0 aromatic heterocycles. The number of carbonyl (C=O) groups is 2. The van der Waals surface area contributed by atoms with Gasteiger partial charge in [0.1, 0.15) is 11.4 Å². The van der Waals surface area contributed by atoms with Gasteiger partial charge in [0.15, 0.2) is 0 Å². The van der Waals surface area contributed by atoms with Gasteiger partial charge in [-0.3, -0.25) is 9.69 Å². The Balaban J connectivity index is 1.69. The van der Waals surface area contributed by atoms with Crippen molar-refractivity contribution in [3.63, 3.8) is 0 Å². The Morgan fingerprint density at radius 2 is 1.63 bits per heavy atom. The van der Waals surface area contributed by atoms with Gasteiger partial charge in [-0.2, -0.15) is 0 Å². The number of halogens is 3. The molecule has 2 rings (SSSR count). The zero-order valence-electron chi connectivity index (χ0n) is 17.4. The summed E-state index contributed by atoms with van der Waals surface area (Å²) in [5.74, 6) is -0.291. The molecule has 1 aliphatic rings. The van der Waals surface area contributed by atoms with E-state index in [1.54, 1.807) is 37.8 Å². The number of benzene rings is 1. The number of ether oxygens (including phenoxy) is 2. The molecule has 30 heavy (non-hydrogen) atoms. The van der Waals surface area contributed by atoms with E-state index in [4.69, 9.17) is 4.74 Å². The fourth-order valence-electron chi connectivity index (χ4n) is 2.95. The second-order valence-electron chi connectivity index (χ2n) is 8.03. The molecule has 1 heterocycles. The van der Waals surface area contributed by atoms with Gasteiger partial charge in [0.05, 0.1) is 0 Å². The van der Waals surface area contributed by atoms with Gasteiger partial charge < -0.3 is 19.7 Å². The highest BCUT2D eigenvalue weighted by Crippen LogP contribution is 2.23. The Bertz CT molecular complexity index is 709. The Morgan fingerprint density at radius 3 is 2.17 bits per heavy atom. The van der Waals surface area contributed by atoms with Crippen LogP contribution in [-0.2, 0) is 16.1 Å². The number of rotatable bonds is 6. The van der Waals surface area contributed by atoms with E-state index in [-0.39, 0.29) is 24.6 Å². The third kappa shape index (κ3) is 8.89. The molecule has 2 amide bonds. The number of nitrogens with zero attached hydrogens (tertiary/aromatic N) is 2. The molecule has 10 heteroatoms. The number of piperazine rings is 1. The molecule has 0 aliphatic carbocycles. The highest BCUT2D eigenvalue weighted by molar-refractivity contribution is 5.77. The summed E-state index contributed by atoms with van der Waals surface area (Å²) in [7, 11) is 0. The van der Waals surface area contributed by atoms with Gasteiger partial charge in [-0.15, -0.1) is 13.2 Å². The monoisotopic (exact) mass is 431 g/mol. The van der Waals surface area contributed by atoms with E-state index in [1.807, 2.05) is 0 Å². The third-order valence-electron chi connectivity index (χ3n) is 4.30. The number of hydrogen-bond acceptors (Lipinski definition) is 5. The van der Waals surface area contributed by atoms with Crippen LogP contribution in [0.5, 0.6) is 5.75 Å². The van der Waals surface area contributed by atoms with Crippen LogP contribution in [0, 0.1) is 0 Å². The molecule has 7 nitrogen and oxygen atoms in total. The highest BCUT2D eigenvalue weighted by Gasteiger charge is 2.31. The summed E-state index contributed by atoms with van der Waals surface area (Å²) < 4.78 is 45.6. The number of amides is 2. The Labute approximate surface area is 174 Å². The van der Waals surface area contributed by atoms with Crippen LogP contribution in [0.15, 0.2) is 24.3 Å². The molecule has 1 fully saturated rings. The second kappa shape index (κ2) is 10.0. The van der Waals surface area contributed by atoms with Crippen molar-refractivity contribution < 1.29 is 32.2 Å². The van der Waals surface area contributed by atoms with Crippen LogP contribution in [0.3, 0.4) is 0 Å². The van der Waals surface area contributed by atoms with Crippen LogP contribution in [0.2, 0.25) is 0 Å². The molecular formula is C20H28F3N3O4. The highest BCUT2D eigenvalue weighted by atomic mass is 19.4. The fourth-order valence-corrected chi connectivity index (χ4v) is 2.95. The molecule has 0 unspecified atom stereocenters. The summed E-state index contributed by atoms with van der Waals surface area (Å²) in [4.78, 5) is 27.8. The summed E-state index contributed by atoms with van der Waals surface area (Å²) in [6, 6.07) is 5.78. The first-order valence-corrected chi connectivity index (χ1v) is 9.73. The standard InChI is InChI=1S/C20H28F3N3O4/c1-19(2,3)30-18(28)24-9-8-17(27)26-12-10-25(11-13-26)14-15-4-6-16(7-5-15)29-20(21,22)23/h4-7H,8-14H2,1-3H3,(H,24,28). The topological polar surface area (TPSA) is 71.1 Å². The number of alkyl carbamates (subject to hydrolysis) is 1. The summed E-state index contributed by atoms with van der Waals surface area (Å²) in [6.07, 6.45) is -5.06. The van der Waals surface area contributed by atoms with Gasteiger partial charge in [0, 0.05) is 45.7 Å². The SMILES string of the molecule is CC(C)(C)OC(=O)NCCC(=O)N1CCN(Cc2ccc(OC(F)(F)F)cc2)CC1. The van der Waals surface area contributed by atoms with Crippen LogP contribution >= 0.6 is 0 Å². The van der Waals surface area contributed by atoms with Crippen molar-refractivity contribution in [1.29, 1.82) is 0 Å². The molecular weight excluding hydrogens is 403 g/mol. The Hall–Kier alpha value is -2.49. The molecule has 1 saturated heterocycles. The van der Waals surface area contributed by atoms with Gasteiger partial charge in [0.25, 0.3) is 0 Å². The smallest absolute Gasteiger partial charge is 0.444 e. The van der Waals surface area contributed by atoms with Crippen molar-refractivity contribution in [3.05, 3.63) is 29.8 Å². The van der Waals surface area contributed by atoms with Crippen molar-refractivity contribution in [2.75, 3.05) is 32.7 Å². The number of hydrogen-bond donors (Lipinski definition) is 1. The van der Waals surface area contributed by atoms with E-state index in [0.29, 0.717) is 32.7 Å². The van der Waals surface area contributed by atoms with Crippen LogP contribution in [0.25, 0.3) is 0 Å². The number of alkyl halides is 3. The van der Waals surface area contributed by atoms with Crippen molar-refractivity contribution in [1.82, 2.24) is 15.1 Å². The van der Waals surface area contributed by atoms with Crippen LogP contribution in [0.4, 0.5) is 18.0 Å². The van der Waals surface area contributed by atoms with Crippen molar-refractivity contribution in [3.8, 4) is 5.75 Å². The zero-order chi connectivity index (χ0) is 22.4. The predicted molar refractivity (Wildman–Crippen MR) is 104 cm³/mol. The van der Waals surface area contributed by atoms with E-state index < -0.39 is 18.1 Å². The van der Waals surface area contributed by atoms with Crippen LogP contribution in [-0.4, -0.2) is 66.5 Å². The zero-order valence-corrected chi connectivity index (χ0v) is 17.4. The molecule has 1 N–H and O–H groups in total. The summed E-state index contributed by atoms with van der Waals surface area (Å²) in [5.41, 5.74) is 0.279. The fraction of sp³-hybridized carbons (Fsp3) is 0.600. The van der Waals surface area contributed by atoms with Crippen LogP contribution in [0.1, 0.15) is 32.8 Å². The molecule has 1 aromatic carbocycles. The second-order valence-corrected chi connectivity index (χ2v) is 8.03. The lowest BCUT2D eigenvalue weighted by Crippen LogP contribution is -2.48. The minimum atomic E-state index is -4.70. The average molecular weight is 431 g/mol. The summed E-state index contributed by atoms with van der Waals surface area (Å²) in [6.45, 7) is 8.51. The Kier molecular flexibility index (Phi) is 7.94. The quantitative estimate of drug-likeness (QED) is 0.749. The van der Waals surface area contributed by atoms with E-state index in [0.717, 1.165) is 5.56 Å². The predicted octanol–water partition coefficient (Wildman–Crippen LogP) is 3.14. The average Bonchev–Trinajstić information content (AvgIpc) is 2.61. The maximum Gasteiger partial charge on any atom is 0.573 e. The minimum absolute atomic E-state index is 0.0423. The molecule has 168 valence electrons. The lowest BCUT2D eigenvalue weighted by atomic mass is 10.2. The maximum atomic E-state index is 12.3. The molecule has 1 aliphatic heterocycles. The van der Waals surface area contributed by atoms with E-state index in [2.05, 4.69) is 15.0 Å². The molecule has 0 atom stereocenters. The van der Waals surface area contributed by atoms with Crippen LogP contribution < -0.4 is 10.1 Å². The first kappa shape index (κ1) is 23.8. The van der Waals surface area contributed by atoms with Crippen molar-refractivity contribution in [2.45, 2.75) is 45.7 Å². The van der Waals surface area contributed by atoms with E-state index in [1.165, 1.54) is 12.1 Å². The maximum absolute atomic E-state index is 12.3. The lowest BCUT2D eigenvalue weighted by Gasteiger charge is -2.34. The minimum Gasteiger partial charge on any atom is -0.444 e. The molecule has 0 radical (unpaired) electrons. The Morgan fingerprint density at radius 1 is 1.03 bits per heavy atom. The van der Waals surface area contributed by atoms with Gasteiger partial charge >= 0.3 is 12.5 Å². The van der Waals surface area contributed by atoms with E-state index >= 15 is 0 Å². The van der Waals surface area contributed by atoms with Gasteiger partial charge in [-0.05, 0) is 38.5 Å². The largest absolute Gasteiger partial charge is 0.573 e. The third-order valence-corrected chi connectivity index (χ3v) is 4.30. The number of nitrogens with one attached hydrogen (secondary N) is 1. The van der Waals surface area contributed by atoms with Crippen molar-refractivity contribution in [2.24, 2.45) is 0 Å². The molecule has 1 aromatic rings. The normalized spacial score (nSPS) is 15.6. The first-order valence-electron chi connectivity index (χ1n) is 9.73. The summed E-state index contributed by atoms with van der Waals surface area (Å²) in [5, 5.41) is 2.57. The number of carbonyl (C=O) groups excluding carboxylic acids is 2. The van der Waals surface area contributed by atoms with Crippen molar-refractivity contribution >= 4 is 12.0 Å². The van der Waals surface area contributed by atoms with Gasteiger partial charge in [-0.1, -0.05) is 12.1 Å². The summed E-state index contributed by atoms with van der Waals surface area (Å²) >= 11 is 0. The lowest BCUT2D eigenvalue weighted by molar-refractivity contribution is -0.274. The van der Waals surface area contributed by atoms with E-state index in [9.17, 15) is 22.8 Å². The molecule has 0 saturated carbocycles. The molecule has 0 bridgehead atoms. The van der Waals surface area contributed by atoms with Gasteiger partial charge in [-0.25, -0.2) is 4.79 Å². The first-order chi connectivity index (χ1) is 13.9. The molecule has 0 spiro atoms. The van der Waals surface area contributed by atoms with Gasteiger partial charge in [0.2, 0.25) is 5.91 Å².